The lowest BCUT2D eigenvalue weighted by atomic mass is 9.99. The van der Waals surface area contributed by atoms with Crippen molar-refractivity contribution < 1.29 is 23.7 Å². The van der Waals surface area contributed by atoms with Crippen LogP contribution in [-0.4, -0.2) is 62.5 Å². The van der Waals surface area contributed by atoms with E-state index in [2.05, 4.69) is 43.6 Å². The second-order valence-electron chi connectivity index (χ2n) is 7.52. The fourth-order valence-electron chi connectivity index (χ4n) is 3.10. The molecule has 1 aliphatic heterocycles. The summed E-state index contributed by atoms with van der Waals surface area (Å²) in [7, 11) is 0. The first-order chi connectivity index (χ1) is 13.7. The SMILES string of the molecule is CCCCOC[C@H]1O[C@@H](Br)[C@H](OCCCC)[C@@H](OCCCC)[C@@H]1OCCCC. The van der Waals surface area contributed by atoms with Crippen LogP contribution in [0.1, 0.15) is 79.1 Å². The summed E-state index contributed by atoms with van der Waals surface area (Å²) in [6, 6.07) is 0. The van der Waals surface area contributed by atoms with E-state index < -0.39 is 0 Å². The van der Waals surface area contributed by atoms with Gasteiger partial charge in [0.1, 0.15) is 29.4 Å². The molecule has 6 heteroatoms. The second-order valence-corrected chi connectivity index (χ2v) is 8.42. The van der Waals surface area contributed by atoms with Crippen molar-refractivity contribution in [3.8, 4) is 0 Å². The van der Waals surface area contributed by atoms with Crippen molar-refractivity contribution >= 4 is 15.9 Å². The lowest BCUT2D eigenvalue weighted by Gasteiger charge is -2.44. The van der Waals surface area contributed by atoms with Crippen LogP contribution < -0.4 is 0 Å². The van der Waals surface area contributed by atoms with Crippen LogP contribution in [0.2, 0.25) is 0 Å². The molecule has 1 saturated heterocycles. The van der Waals surface area contributed by atoms with Gasteiger partial charge in [-0.25, -0.2) is 0 Å². The molecule has 0 N–H and O–H groups in total. The summed E-state index contributed by atoms with van der Waals surface area (Å²) in [5.41, 5.74) is 0. The molecule has 1 fully saturated rings. The highest BCUT2D eigenvalue weighted by molar-refractivity contribution is 9.09. The minimum atomic E-state index is -0.221. The van der Waals surface area contributed by atoms with Gasteiger partial charge in [-0.3, -0.25) is 0 Å². The summed E-state index contributed by atoms with van der Waals surface area (Å²) < 4.78 is 30.9. The largest absolute Gasteiger partial charge is 0.379 e. The van der Waals surface area contributed by atoms with E-state index in [1.165, 1.54) is 0 Å². The first-order valence-corrected chi connectivity index (χ1v) is 12.3. The predicted molar refractivity (Wildman–Crippen MR) is 117 cm³/mol. The maximum Gasteiger partial charge on any atom is 0.141 e. The highest BCUT2D eigenvalue weighted by atomic mass is 79.9. The normalized spacial score (nSPS) is 28.0. The van der Waals surface area contributed by atoms with Gasteiger partial charge in [-0.1, -0.05) is 69.3 Å². The molecule has 1 aliphatic rings. The second kappa shape index (κ2) is 17.0. The van der Waals surface area contributed by atoms with E-state index in [1.54, 1.807) is 0 Å². The van der Waals surface area contributed by atoms with Gasteiger partial charge in [0, 0.05) is 26.4 Å². The number of hydrogen-bond acceptors (Lipinski definition) is 5. The maximum atomic E-state index is 6.32. The standard InChI is InChI=1S/C22H43BrO5/c1-5-9-13-24-17-18-19(25-14-10-6-2)20(26-15-11-7-3)21(22(23)28-18)27-16-12-8-4/h18-22H,5-17H2,1-4H3/t18-,19-,20+,21-,22-/m1/s1. The van der Waals surface area contributed by atoms with Crippen LogP contribution in [-0.2, 0) is 23.7 Å². The van der Waals surface area contributed by atoms with E-state index in [4.69, 9.17) is 23.7 Å². The van der Waals surface area contributed by atoms with Crippen LogP contribution >= 0.6 is 15.9 Å². The molecule has 1 rings (SSSR count). The van der Waals surface area contributed by atoms with Crippen LogP contribution in [0.3, 0.4) is 0 Å². The zero-order valence-electron chi connectivity index (χ0n) is 18.5. The Hall–Kier alpha value is 0.280. The Morgan fingerprint density at radius 2 is 1.11 bits per heavy atom. The van der Waals surface area contributed by atoms with Crippen LogP contribution in [0.4, 0.5) is 0 Å². The molecule has 0 aromatic carbocycles. The van der Waals surface area contributed by atoms with Crippen molar-refractivity contribution in [1.82, 2.24) is 0 Å². The van der Waals surface area contributed by atoms with Gasteiger partial charge in [0.15, 0.2) is 0 Å². The van der Waals surface area contributed by atoms with Crippen molar-refractivity contribution in [3.05, 3.63) is 0 Å². The van der Waals surface area contributed by atoms with Crippen molar-refractivity contribution in [2.45, 2.75) is 108 Å². The van der Waals surface area contributed by atoms with E-state index >= 15 is 0 Å². The highest BCUT2D eigenvalue weighted by Crippen LogP contribution is 2.32. The molecule has 1 heterocycles. The van der Waals surface area contributed by atoms with Gasteiger partial charge in [-0.2, -0.15) is 0 Å². The number of alkyl halides is 1. The van der Waals surface area contributed by atoms with E-state index in [9.17, 15) is 0 Å². The van der Waals surface area contributed by atoms with Crippen molar-refractivity contribution in [2.75, 3.05) is 33.0 Å². The van der Waals surface area contributed by atoms with Gasteiger partial charge >= 0.3 is 0 Å². The molecule has 0 aromatic heterocycles. The number of rotatable bonds is 17. The molecule has 5 atom stereocenters. The van der Waals surface area contributed by atoms with Gasteiger partial charge in [-0.05, 0) is 25.7 Å². The van der Waals surface area contributed by atoms with Gasteiger partial charge in [0.05, 0.1) is 6.61 Å². The van der Waals surface area contributed by atoms with Crippen molar-refractivity contribution in [3.63, 3.8) is 0 Å². The average molecular weight is 467 g/mol. The molecule has 5 nitrogen and oxygen atoms in total. The van der Waals surface area contributed by atoms with Gasteiger partial charge < -0.3 is 23.7 Å². The van der Waals surface area contributed by atoms with E-state index in [-0.39, 0.29) is 29.4 Å². The minimum Gasteiger partial charge on any atom is -0.379 e. The zero-order valence-corrected chi connectivity index (χ0v) is 20.1. The Morgan fingerprint density at radius 1 is 0.643 bits per heavy atom. The molecule has 0 saturated carbocycles. The van der Waals surface area contributed by atoms with Crippen LogP contribution in [0.25, 0.3) is 0 Å². The third-order valence-corrected chi connectivity index (χ3v) is 5.66. The van der Waals surface area contributed by atoms with Crippen molar-refractivity contribution in [2.24, 2.45) is 0 Å². The summed E-state index contributed by atoms with van der Waals surface area (Å²) in [5.74, 6) is 0. The average Bonchev–Trinajstić information content (AvgIpc) is 2.69. The number of unbranched alkanes of at least 4 members (excludes halogenated alkanes) is 4. The maximum absolute atomic E-state index is 6.32. The third kappa shape index (κ3) is 9.86. The molecule has 0 aromatic rings. The lowest BCUT2D eigenvalue weighted by Crippen LogP contribution is -2.60. The molecular weight excluding hydrogens is 424 g/mol. The fourth-order valence-corrected chi connectivity index (χ4v) is 3.83. The predicted octanol–water partition coefficient (Wildman–Crippen LogP) is 5.48. The molecule has 0 radical (unpaired) electrons. The summed E-state index contributed by atoms with van der Waals surface area (Å²) in [4.78, 5) is 0. The Morgan fingerprint density at radius 3 is 1.64 bits per heavy atom. The number of ether oxygens (including phenoxy) is 5. The number of halogens is 1. The summed E-state index contributed by atoms with van der Waals surface area (Å²) in [6.45, 7) is 12.1. The molecule has 168 valence electrons. The van der Waals surface area contributed by atoms with Crippen LogP contribution in [0.5, 0.6) is 0 Å². The smallest absolute Gasteiger partial charge is 0.141 e. The molecule has 0 bridgehead atoms. The van der Waals surface area contributed by atoms with Crippen LogP contribution in [0.15, 0.2) is 0 Å². The Labute approximate surface area is 181 Å². The molecule has 0 amide bonds. The summed E-state index contributed by atoms with van der Waals surface area (Å²) in [6.07, 6.45) is 7.92. The molecule has 0 unspecified atom stereocenters. The molecule has 28 heavy (non-hydrogen) atoms. The summed E-state index contributed by atoms with van der Waals surface area (Å²) >= 11 is 3.69. The van der Waals surface area contributed by atoms with E-state index in [1.807, 2.05) is 0 Å². The monoisotopic (exact) mass is 466 g/mol. The van der Waals surface area contributed by atoms with Gasteiger partial charge in [0.2, 0.25) is 0 Å². The van der Waals surface area contributed by atoms with E-state index in [0.29, 0.717) is 26.4 Å². The Kier molecular flexibility index (Phi) is 16.0. The first kappa shape index (κ1) is 26.3. The van der Waals surface area contributed by atoms with E-state index in [0.717, 1.165) is 58.0 Å². The highest BCUT2D eigenvalue weighted by Gasteiger charge is 2.47. The molecule has 0 spiro atoms. The Balaban J connectivity index is 2.84. The van der Waals surface area contributed by atoms with Crippen molar-refractivity contribution in [1.29, 1.82) is 0 Å². The zero-order chi connectivity index (χ0) is 20.6. The molecular formula is C22H43BrO5. The van der Waals surface area contributed by atoms with Gasteiger partial charge in [-0.15, -0.1) is 0 Å². The molecule has 0 aliphatic carbocycles. The number of hydrogen-bond donors (Lipinski definition) is 0. The third-order valence-electron chi connectivity index (χ3n) is 4.93. The Bertz CT molecular complexity index is 358. The fraction of sp³-hybridized carbons (Fsp3) is 1.00. The van der Waals surface area contributed by atoms with Gasteiger partial charge in [0.25, 0.3) is 0 Å². The lowest BCUT2D eigenvalue weighted by molar-refractivity contribution is -0.246. The topological polar surface area (TPSA) is 46.2 Å². The summed E-state index contributed by atoms with van der Waals surface area (Å²) in [5, 5.41) is -0.221. The minimum absolute atomic E-state index is 0.154. The quantitative estimate of drug-likeness (QED) is 0.209. The van der Waals surface area contributed by atoms with Crippen LogP contribution in [0, 0.1) is 0 Å². The first-order valence-electron chi connectivity index (χ1n) is 11.4.